The highest BCUT2D eigenvalue weighted by atomic mass is 16.3. The number of hydrogen-bond acceptors (Lipinski definition) is 2. The Morgan fingerprint density at radius 1 is 0.792 bits per heavy atom. The standard InChI is InChI=1S/C22H21NO/c1-4-16-10-7-11-17-18-12-8-14-20(22(18)24-21(16)17)23(3)19-13-6-5-9-15(19)2/h5-14H,4H2,1-3H3. The molecule has 1 heterocycles. The molecule has 0 N–H and O–H groups in total. The van der Waals surface area contributed by atoms with Crippen LogP contribution in [0.15, 0.2) is 65.1 Å². The van der Waals surface area contributed by atoms with Gasteiger partial charge in [0.15, 0.2) is 5.58 Å². The smallest absolute Gasteiger partial charge is 0.159 e. The van der Waals surface area contributed by atoms with E-state index in [0.29, 0.717) is 0 Å². The monoisotopic (exact) mass is 315 g/mol. The van der Waals surface area contributed by atoms with E-state index in [9.17, 15) is 0 Å². The van der Waals surface area contributed by atoms with Crippen molar-refractivity contribution in [3.05, 3.63) is 71.8 Å². The molecule has 0 spiro atoms. The lowest BCUT2D eigenvalue weighted by Crippen LogP contribution is -2.10. The van der Waals surface area contributed by atoms with E-state index in [4.69, 9.17) is 4.42 Å². The number of hydrogen-bond donors (Lipinski definition) is 0. The zero-order chi connectivity index (χ0) is 16.7. The van der Waals surface area contributed by atoms with Crippen LogP contribution in [0.2, 0.25) is 0 Å². The van der Waals surface area contributed by atoms with Crippen molar-refractivity contribution in [2.24, 2.45) is 0 Å². The second kappa shape index (κ2) is 5.72. The molecule has 4 aromatic rings. The Morgan fingerprint density at radius 2 is 1.46 bits per heavy atom. The Balaban J connectivity index is 1.98. The first-order chi connectivity index (χ1) is 11.7. The van der Waals surface area contributed by atoms with Crippen molar-refractivity contribution >= 4 is 33.3 Å². The maximum atomic E-state index is 6.35. The van der Waals surface area contributed by atoms with Crippen LogP contribution < -0.4 is 4.90 Å². The van der Waals surface area contributed by atoms with Gasteiger partial charge in [0.05, 0.1) is 5.69 Å². The van der Waals surface area contributed by atoms with E-state index in [1.54, 1.807) is 0 Å². The van der Waals surface area contributed by atoms with Gasteiger partial charge in [-0.2, -0.15) is 0 Å². The van der Waals surface area contributed by atoms with Crippen LogP contribution in [0.3, 0.4) is 0 Å². The second-order valence-electron chi connectivity index (χ2n) is 6.25. The average Bonchev–Trinajstić information content (AvgIpc) is 3.00. The van der Waals surface area contributed by atoms with Crippen LogP contribution in [0.5, 0.6) is 0 Å². The summed E-state index contributed by atoms with van der Waals surface area (Å²) < 4.78 is 6.35. The number of anilines is 2. The maximum absolute atomic E-state index is 6.35. The molecule has 4 rings (SSSR count). The van der Waals surface area contributed by atoms with E-state index in [0.717, 1.165) is 23.3 Å². The molecule has 2 nitrogen and oxygen atoms in total. The molecular weight excluding hydrogens is 294 g/mol. The number of para-hydroxylation sites is 3. The van der Waals surface area contributed by atoms with Crippen molar-refractivity contribution in [2.75, 3.05) is 11.9 Å². The van der Waals surface area contributed by atoms with Crippen molar-refractivity contribution in [2.45, 2.75) is 20.3 Å². The summed E-state index contributed by atoms with van der Waals surface area (Å²) in [7, 11) is 2.10. The van der Waals surface area contributed by atoms with Gasteiger partial charge in [0, 0.05) is 23.5 Å². The van der Waals surface area contributed by atoms with Crippen LogP contribution in [0, 0.1) is 6.92 Å². The van der Waals surface area contributed by atoms with Crippen LogP contribution in [0.25, 0.3) is 21.9 Å². The average molecular weight is 315 g/mol. The zero-order valence-corrected chi connectivity index (χ0v) is 14.3. The molecule has 0 aliphatic rings. The predicted octanol–water partition coefficient (Wildman–Crippen LogP) is 6.22. The Hall–Kier alpha value is -2.74. The molecule has 120 valence electrons. The third-order valence-corrected chi connectivity index (χ3v) is 4.80. The highest BCUT2D eigenvalue weighted by molar-refractivity contribution is 6.10. The fourth-order valence-corrected chi connectivity index (χ4v) is 3.48. The summed E-state index contributed by atoms with van der Waals surface area (Å²) in [6.45, 7) is 4.31. The molecule has 0 saturated carbocycles. The molecule has 2 heteroatoms. The molecule has 0 atom stereocenters. The predicted molar refractivity (Wildman–Crippen MR) is 102 cm³/mol. The first kappa shape index (κ1) is 14.8. The molecule has 0 aliphatic carbocycles. The van der Waals surface area contributed by atoms with Crippen molar-refractivity contribution in [3.8, 4) is 0 Å². The van der Waals surface area contributed by atoms with Gasteiger partial charge >= 0.3 is 0 Å². The van der Waals surface area contributed by atoms with Gasteiger partial charge in [-0.15, -0.1) is 0 Å². The lowest BCUT2D eigenvalue weighted by Gasteiger charge is -2.21. The minimum absolute atomic E-state index is 0.958. The molecular formula is C22H21NO. The number of furan rings is 1. The summed E-state index contributed by atoms with van der Waals surface area (Å²) in [5, 5.41) is 2.38. The highest BCUT2D eigenvalue weighted by Crippen LogP contribution is 2.38. The molecule has 0 bridgehead atoms. The summed E-state index contributed by atoms with van der Waals surface area (Å²) in [5.74, 6) is 0. The highest BCUT2D eigenvalue weighted by Gasteiger charge is 2.16. The second-order valence-corrected chi connectivity index (χ2v) is 6.25. The van der Waals surface area contributed by atoms with Crippen LogP contribution in [-0.4, -0.2) is 7.05 Å². The summed E-state index contributed by atoms with van der Waals surface area (Å²) >= 11 is 0. The van der Waals surface area contributed by atoms with Gasteiger partial charge in [-0.05, 0) is 36.6 Å². The number of aryl methyl sites for hydroxylation is 2. The lowest BCUT2D eigenvalue weighted by atomic mass is 10.1. The zero-order valence-electron chi connectivity index (χ0n) is 14.3. The largest absolute Gasteiger partial charge is 0.454 e. The fourth-order valence-electron chi connectivity index (χ4n) is 3.48. The Morgan fingerprint density at radius 3 is 2.21 bits per heavy atom. The summed E-state index contributed by atoms with van der Waals surface area (Å²) in [4.78, 5) is 2.21. The Labute approximate surface area is 142 Å². The quantitative estimate of drug-likeness (QED) is 0.446. The molecule has 0 saturated heterocycles. The summed E-state index contributed by atoms with van der Waals surface area (Å²) in [6, 6.07) is 21.2. The minimum atomic E-state index is 0.958. The Bertz CT molecular complexity index is 1030. The van der Waals surface area contributed by atoms with E-state index >= 15 is 0 Å². The van der Waals surface area contributed by atoms with E-state index in [1.807, 2.05) is 0 Å². The van der Waals surface area contributed by atoms with Crippen molar-refractivity contribution < 1.29 is 4.42 Å². The third kappa shape index (κ3) is 2.18. The molecule has 0 radical (unpaired) electrons. The number of fused-ring (bicyclic) bond motifs is 3. The van der Waals surface area contributed by atoms with Gasteiger partial charge in [0.1, 0.15) is 5.58 Å². The molecule has 0 unspecified atom stereocenters. The molecule has 24 heavy (non-hydrogen) atoms. The lowest BCUT2D eigenvalue weighted by molar-refractivity contribution is 0.663. The van der Waals surface area contributed by atoms with Gasteiger partial charge in [-0.1, -0.05) is 55.5 Å². The van der Waals surface area contributed by atoms with Gasteiger partial charge in [-0.25, -0.2) is 0 Å². The summed E-state index contributed by atoms with van der Waals surface area (Å²) in [6.07, 6.45) is 0.972. The first-order valence-corrected chi connectivity index (χ1v) is 8.43. The third-order valence-electron chi connectivity index (χ3n) is 4.80. The van der Waals surface area contributed by atoms with Gasteiger partial charge in [0.25, 0.3) is 0 Å². The Kier molecular flexibility index (Phi) is 3.53. The summed E-state index contributed by atoms with van der Waals surface area (Å²) in [5.41, 5.74) is 6.77. The van der Waals surface area contributed by atoms with E-state index in [2.05, 4.69) is 86.5 Å². The molecule has 0 amide bonds. The maximum Gasteiger partial charge on any atom is 0.159 e. The van der Waals surface area contributed by atoms with E-state index in [1.165, 1.54) is 27.6 Å². The van der Waals surface area contributed by atoms with E-state index < -0.39 is 0 Å². The van der Waals surface area contributed by atoms with Crippen molar-refractivity contribution in [1.82, 2.24) is 0 Å². The minimum Gasteiger partial charge on any atom is -0.454 e. The molecule has 0 aliphatic heterocycles. The SMILES string of the molecule is CCc1cccc2c1oc1c(N(C)c3ccccc3C)cccc12. The number of benzene rings is 3. The van der Waals surface area contributed by atoms with Crippen molar-refractivity contribution in [1.29, 1.82) is 0 Å². The van der Waals surface area contributed by atoms with Crippen LogP contribution in [0.4, 0.5) is 11.4 Å². The van der Waals surface area contributed by atoms with Gasteiger partial charge in [-0.3, -0.25) is 0 Å². The van der Waals surface area contributed by atoms with Crippen molar-refractivity contribution in [3.63, 3.8) is 0 Å². The molecule has 0 fully saturated rings. The fraction of sp³-hybridized carbons (Fsp3) is 0.182. The normalized spacial score (nSPS) is 11.3. The number of nitrogens with zero attached hydrogens (tertiary/aromatic N) is 1. The van der Waals surface area contributed by atoms with E-state index in [-0.39, 0.29) is 0 Å². The molecule has 3 aromatic carbocycles. The van der Waals surface area contributed by atoms with Crippen LogP contribution in [-0.2, 0) is 6.42 Å². The van der Waals surface area contributed by atoms with Gasteiger partial charge in [0.2, 0.25) is 0 Å². The first-order valence-electron chi connectivity index (χ1n) is 8.43. The van der Waals surface area contributed by atoms with Crippen LogP contribution >= 0.6 is 0 Å². The topological polar surface area (TPSA) is 16.4 Å². The number of rotatable bonds is 3. The van der Waals surface area contributed by atoms with Gasteiger partial charge < -0.3 is 9.32 Å². The molecule has 1 aromatic heterocycles. The van der Waals surface area contributed by atoms with Crippen LogP contribution in [0.1, 0.15) is 18.1 Å².